The second-order valence-corrected chi connectivity index (χ2v) is 7.22. The van der Waals surface area contributed by atoms with E-state index in [1.165, 1.54) is 11.1 Å². The van der Waals surface area contributed by atoms with Crippen LogP contribution < -0.4 is 11.1 Å². The first-order chi connectivity index (χ1) is 13.0. The van der Waals surface area contributed by atoms with Crippen molar-refractivity contribution in [2.45, 2.75) is 45.2 Å². The van der Waals surface area contributed by atoms with Crippen molar-refractivity contribution in [3.05, 3.63) is 70.8 Å². The van der Waals surface area contributed by atoms with Gasteiger partial charge in [0, 0.05) is 6.54 Å². The Morgan fingerprint density at radius 3 is 2.44 bits per heavy atom. The lowest BCUT2D eigenvalue weighted by Crippen LogP contribution is -2.38. The van der Waals surface area contributed by atoms with Crippen LogP contribution in [0.2, 0.25) is 0 Å². The molecule has 0 spiro atoms. The summed E-state index contributed by atoms with van der Waals surface area (Å²) in [6.07, 6.45) is 2.16. The van der Waals surface area contributed by atoms with Crippen LogP contribution in [0.3, 0.4) is 0 Å². The molecule has 0 aromatic heterocycles. The average Bonchev–Trinajstić information content (AvgIpc) is 3.11. The van der Waals surface area contributed by atoms with Crippen molar-refractivity contribution < 1.29 is 9.59 Å². The second kappa shape index (κ2) is 8.25. The van der Waals surface area contributed by atoms with Crippen molar-refractivity contribution in [2.75, 3.05) is 6.54 Å². The average molecular weight is 365 g/mol. The Bertz CT molecular complexity index is 834. The predicted molar refractivity (Wildman–Crippen MR) is 106 cm³/mol. The zero-order valence-corrected chi connectivity index (χ0v) is 15.9. The molecule has 27 heavy (non-hydrogen) atoms. The third-order valence-electron chi connectivity index (χ3n) is 5.38. The molecule has 0 aliphatic carbocycles. The molecule has 0 unspecified atom stereocenters. The summed E-state index contributed by atoms with van der Waals surface area (Å²) in [5.41, 5.74) is 9.74. The van der Waals surface area contributed by atoms with E-state index in [4.69, 9.17) is 5.73 Å². The highest BCUT2D eigenvalue weighted by atomic mass is 16.2. The highest BCUT2D eigenvalue weighted by Gasteiger charge is 2.32. The number of carbonyl (C=O) groups is 2. The van der Waals surface area contributed by atoms with Crippen molar-refractivity contribution in [2.24, 2.45) is 5.73 Å². The van der Waals surface area contributed by atoms with Crippen LogP contribution in [0, 0.1) is 13.8 Å². The second-order valence-electron chi connectivity index (χ2n) is 7.22. The van der Waals surface area contributed by atoms with Crippen LogP contribution in [0.5, 0.6) is 0 Å². The highest BCUT2D eigenvalue weighted by Crippen LogP contribution is 2.35. The van der Waals surface area contributed by atoms with Gasteiger partial charge < -0.3 is 16.0 Å². The molecule has 1 aliphatic rings. The predicted octanol–water partition coefficient (Wildman–Crippen LogP) is 3.77. The molecule has 0 radical (unpaired) electrons. The molecule has 2 atom stereocenters. The molecule has 142 valence electrons. The number of nitrogens with zero attached hydrogens (tertiary/aromatic N) is 1. The number of likely N-dealkylation sites (tertiary alicyclic amines) is 1. The maximum absolute atomic E-state index is 13.2. The summed E-state index contributed by atoms with van der Waals surface area (Å²) in [5, 5.41) is 2.75. The maximum atomic E-state index is 13.2. The molecule has 5 nitrogen and oxygen atoms in total. The van der Waals surface area contributed by atoms with Crippen molar-refractivity contribution in [1.29, 1.82) is 0 Å². The summed E-state index contributed by atoms with van der Waals surface area (Å²) in [6.45, 7) is 4.80. The minimum Gasteiger partial charge on any atom is -0.352 e. The summed E-state index contributed by atoms with van der Waals surface area (Å²) >= 11 is 0. The normalized spacial score (nSPS) is 17.6. The van der Waals surface area contributed by atoms with Gasteiger partial charge in [-0.3, -0.25) is 4.79 Å². The molecule has 1 aliphatic heterocycles. The van der Waals surface area contributed by atoms with Crippen LogP contribution >= 0.6 is 0 Å². The summed E-state index contributed by atoms with van der Waals surface area (Å²) < 4.78 is 0. The van der Waals surface area contributed by atoms with E-state index in [0.29, 0.717) is 0 Å². The number of carbonyl (C=O) groups excluding carboxylic acids is 2. The van der Waals surface area contributed by atoms with Gasteiger partial charge in [-0.1, -0.05) is 48.5 Å². The zero-order valence-electron chi connectivity index (χ0n) is 15.9. The van der Waals surface area contributed by atoms with E-state index < -0.39 is 12.1 Å². The van der Waals surface area contributed by atoms with Crippen LogP contribution in [0.4, 0.5) is 4.79 Å². The molecule has 5 heteroatoms. The van der Waals surface area contributed by atoms with Gasteiger partial charge in [-0.15, -0.1) is 0 Å². The van der Waals surface area contributed by atoms with Crippen molar-refractivity contribution in [1.82, 2.24) is 10.2 Å². The van der Waals surface area contributed by atoms with Gasteiger partial charge >= 0.3 is 6.03 Å². The fourth-order valence-electron chi connectivity index (χ4n) is 4.03. The van der Waals surface area contributed by atoms with Crippen molar-refractivity contribution in [3.8, 4) is 0 Å². The van der Waals surface area contributed by atoms with Gasteiger partial charge in [0.15, 0.2) is 0 Å². The van der Waals surface area contributed by atoms with Gasteiger partial charge in [0.05, 0.1) is 18.5 Å². The van der Waals surface area contributed by atoms with Crippen LogP contribution in [-0.4, -0.2) is 23.4 Å². The van der Waals surface area contributed by atoms with Gasteiger partial charge in [-0.05, 0) is 48.9 Å². The lowest BCUT2D eigenvalue weighted by atomic mass is 9.96. The van der Waals surface area contributed by atoms with Gasteiger partial charge in [-0.2, -0.15) is 0 Å². The number of hydrogen-bond donors (Lipinski definition) is 2. The molecular weight excluding hydrogens is 338 g/mol. The molecule has 1 saturated heterocycles. The number of rotatable bonds is 5. The number of hydrogen-bond acceptors (Lipinski definition) is 2. The van der Waals surface area contributed by atoms with Crippen molar-refractivity contribution >= 4 is 11.9 Å². The molecule has 3 amide bonds. The van der Waals surface area contributed by atoms with E-state index >= 15 is 0 Å². The molecule has 3 rings (SSSR count). The van der Waals surface area contributed by atoms with Crippen LogP contribution in [0.1, 0.15) is 53.6 Å². The minimum atomic E-state index is -0.618. The molecular formula is C22H27N3O2. The number of aryl methyl sites for hydroxylation is 2. The van der Waals surface area contributed by atoms with E-state index in [1.807, 2.05) is 48.2 Å². The van der Waals surface area contributed by atoms with E-state index in [1.54, 1.807) is 0 Å². The van der Waals surface area contributed by atoms with E-state index in [9.17, 15) is 9.59 Å². The van der Waals surface area contributed by atoms with Crippen molar-refractivity contribution in [3.63, 3.8) is 0 Å². The molecule has 0 bridgehead atoms. The van der Waals surface area contributed by atoms with Gasteiger partial charge in [0.2, 0.25) is 5.91 Å². The monoisotopic (exact) mass is 365 g/mol. The number of nitrogens with two attached hydrogens (primary N) is 1. The SMILES string of the molecule is Cc1ccccc1[C@H](CC(=O)N1CCC[C@H]1c1ccccc1C)NC(N)=O. The third-order valence-corrected chi connectivity index (χ3v) is 5.38. The highest BCUT2D eigenvalue weighted by molar-refractivity contribution is 5.79. The lowest BCUT2D eigenvalue weighted by Gasteiger charge is -2.28. The number of benzene rings is 2. The summed E-state index contributed by atoms with van der Waals surface area (Å²) in [6, 6.07) is 15.1. The largest absolute Gasteiger partial charge is 0.352 e. The zero-order chi connectivity index (χ0) is 19.4. The molecule has 2 aromatic carbocycles. The Hall–Kier alpha value is -2.82. The Balaban J connectivity index is 1.82. The summed E-state index contributed by atoms with van der Waals surface area (Å²) in [7, 11) is 0. The standard InChI is InChI=1S/C22H27N3O2/c1-15-8-3-5-10-17(15)19(24-22(23)27)14-21(26)25-13-7-12-20(25)18-11-6-4-9-16(18)2/h3-6,8-11,19-20H,7,12-14H2,1-2H3,(H3,23,24,27)/t19-,20-/m0/s1. The van der Waals surface area contributed by atoms with Gasteiger partial charge in [0.25, 0.3) is 0 Å². The number of primary amides is 1. The fraction of sp³-hybridized carbons (Fsp3) is 0.364. The number of amides is 3. The molecule has 1 heterocycles. The van der Waals surface area contributed by atoms with E-state index in [-0.39, 0.29) is 18.4 Å². The summed E-state index contributed by atoms with van der Waals surface area (Å²) in [5.74, 6) is 0.0442. The quantitative estimate of drug-likeness (QED) is 0.846. The Morgan fingerprint density at radius 1 is 1.11 bits per heavy atom. The third kappa shape index (κ3) is 4.30. The number of nitrogens with one attached hydrogen (secondary N) is 1. The van der Waals surface area contributed by atoms with E-state index in [0.717, 1.165) is 30.5 Å². The maximum Gasteiger partial charge on any atom is 0.312 e. The first kappa shape index (κ1) is 19.0. The fourth-order valence-corrected chi connectivity index (χ4v) is 4.03. The first-order valence-electron chi connectivity index (χ1n) is 9.44. The Kier molecular flexibility index (Phi) is 5.79. The minimum absolute atomic E-state index is 0.0442. The molecule has 1 fully saturated rings. The van der Waals surface area contributed by atoms with Gasteiger partial charge in [-0.25, -0.2) is 4.79 Å². The smallest absolute Gasteiger partial charge is 0.312 e. The summed E-state index contributed by atoms with van der Waals surface area (Å²) in [4.78, 5) is 26.6. The van der Waals surface area contributed by atoms with Crippen LogP contribution in [-0.2, 0) is 4.79 Å². The topological polar surface area (TPSA) is 75.4 Å². The Labute approximate surface area is 160 Å². The lowest BCUT2D eigenvalue weighted by molar-refractivity contribution is -0.132. The molecule has 3 N–H and O–H groups in total. The first-order valence-corrected chi connectivity index (χ1v) is 9.44. The van der Waals surface area contributed by atoms with E-state index in [2.05, 4.69) is 24.4 Å². The van der Waals surface area contributed by atoms with Crippen LogP contribution in [0.15, 0.2) is 48.5 Å². The molecule has 2 aromatic rings. The number of urea groups is 1. The van der Waals surface area contributed by atoms with Crippen LogP contribution in [0.25, 0.3) is 0 Å². The Morgan fingerprint density at radius 2 is 1.78 bits per heavy atom. The van der Waals surface area contributed by atoms with Gasteiger partial charge in [0.1, 0.15) is 0 Å². The molecule has 0 saturated carbocycles.